The van der Waals surface area contributed by atoms with Crippen molar-refractivity contribution in [3.05, 3.63) is 29.8 Å². The van der Waals surface area contributed by atoms with E-state index in [1.165, 1.54) is 12.1 Å². The Morgan fingerprint density at radius 2 is 2.00 bits per heavy atom. The number of piperidine rings is 1. The number of amides is 1. The van der Waals surface area contributed by atoms with Crippen molar-refractivity contribution in [3.8, 4) is 0 Å². The molecular weight excluding hydrogens is 288 g/mol. The van der Waals surface area contributed by atoms with Crippen molar-refractivity contribution in [1.82, 2.24) is 10.6 Å². The molecule has 6 heteroatoms. The van der Waals surface area contributed by atoms with Crippen molar-refractivity contribution in [1.29, 1.82) is 0 Å². The van der Waals surface area contributed by atoms with Gasteiger partial charge in [-0.05, 0) is 49.5 Å². The summed E-state index contributed by atoms with van der Waals surface area (Å²) in [6, 6.07) is 6.15. The first-order valence-corrected chi connectivity index (χ1v) is 8.98. The molecule has 116 valence electrons. The lowest BCUT2D eigenvalue weighted by atomic mass is 9.81. The van der Waals surface area contributed by atoms with Crippen LogP contribution in [-0.2, 0) is 9.84 Å². The number of hydrogen-bond donors (Lipinski definition) is 2. The van der Waals surface area contributed by atoms with E-state index < -0.39 is 9.84 Å². The van der Waals surface area contributed by atoms with Gasteiger partial charge in [-0.2, -0.15) is 0 Å². The Morgan fingerprint density at radius 1 is 1.33 bits per heavy atom. The van der Waals surface area contributed by atoms with Gasteiger partial charge in [-0.3, -0.25) is 4.79 Å². The second-order valence-corrected chi connectivity index (χ2v) is 8.06. The van der Waals surface area contributed by atoms with E-state index >= 15 is 0 Å². The predicted octanol–water partition coefficient (Wildman–Crippen LogP) is 1.21. The number of hydrogen-bond acceptors (Lipinski definition) is 4. The summed E-state index contributed by atoms with van der Waals surface area (Å²) in [5.74, 6) is -0.222. The van der Waals surface area contributed by atoms with Crippen LogP contribution in [0, 0.1) is 5.41 Å². The van der Waals surface area contributed by atoms with Gasteiger partial charge in [0, 0.05) is 18.4 Å². The molecule has 1 heterocycles. The van der Waals surface area contributed by atoms with Gasteiger partial charge < -0.3 is 10.6 Å². The third kappa shape index (κ3) is 4.28. The van der Waals surface area contributed by atoms with Crippen LogP contribution in [0.15, 0.2) is 29.2 Å². The zero-order valence-electron chi connectivity index (χ0n) is 12.5. The molecule has 0 spiro atoms. The van der Waals surface area contributed by atoms with Crippen LogP contribution in [-0.4, -0.2) is 40.2 Å². The van der Waals surface area contributed by atoms with Crippen LogP contribution in [0.25, 0.3) is 0 Å². The normalized spacial score (nSPS) is 18.2. The quantitative estimate of drug-likeness (QED) is 0.876. The summed E-state index contributed by atoms with van der Waals surface area (Å²) in [4.78, 5) is 12.4. The van der Waals surface area contributed by atoms with Crippen molar-refractivity contribution < 1.29 is 13.2 Å². The summed E-state index contributed by atoms with van der Waals surface area (Å²) in [6.07, 6.45) is 3.19. The molecule has 1 fully saturated rings. The second-order valence-electron chi connectivity index (χ2n) is 6.04. The minimum Gasteiger partial charge on any atom is -0.351 e. The minimum absolute atomic E-state index is 0.107. The van der Waals surface area contributed by atoms with Gasteiger partial charge in [0.25, 0.3) is 5.91 Å². The maximum Gasteiger partial charge on any atom is 0.251 e. The van der Waals surface area contributed by atoms with Crippen LogP contribution in [0.2, 0.25) is 0 Å². The van der Waals surface area contributed by atoms with Crippen LogP contribution in [0.5, 0.6) is 0 Å². The average Bonchev–Trinajstić information content (AvgIpc) is 2.45. The highest BCUT2D eigenvalue weighted by Crippen LogP contribution is 2.26. The van der Waals surface area contributed by atoms with Gasteiger partial charge in [-0.1, -0.05) is 13.0 Å². The van der Waals surface area contributed by atoms with Crippen molar-refractivity contribution in [3.63, 3.8) is 0 Å². The topological polar surface area (TPSA) is 75.3 Å². The van der Waals surface area contributed by atoms with E-state index in [0.29, 0.717) is 12.1 Å². The van der Waals surface area contributed by atoms with Crippen molar-refractivity contribution in [2.24, 2.45) is 5.41 Å². The van der Waals surface area contributed by atoms with Crippen molar-refractivity contribution >= 4 is 15.7 Å². The molecule has 0 unspecified atom stereocenters. The van der Waals surface area contributed by atoms with Crippen molar-refractivity contribution in [2.75, 3.05) is 25.9 Å². The van der Waals surface area contributed by atoms with Gasteiger partial charge in [0.1, 0.15) is 0 Å². The zero-order valence-corrected chi connectivity index (χ0v) is 13.3. The Hall–Kier alpha value is -1.40. The highest BCUT2D eigenvalue weighted by atomic mass is 32.2. The molecule has 0 radical (unpaired) electrons. The number of benzene rings is 1. The SMILES string of the molecule is CC1(CNC(=O)c2cccc(S(C)(=O)=O)c2)CCNCC1. The van der Waals surface area contributed by atoms with E-state index in [1.807, 2.05) is 0 Å². The third-order valence-corrected chi connectivity index (χ3v) is 5.12. The summed E-state index contributed by atoms with van der Waals surface area (Å²) in [5.41, 5.74) is 0.491. The molecule has 1 aliphatic heterocycles. The van der Waals surface area contributed by atoms with Gasteiger partial charge in [0.2, 0.25) is 0 Å². The molecule has 1 aromatic carbocycles. The maximum absolute atomic E-state index is 12.2. The Labute approximate surface area is 126 Å². The summed E-state index contributed by atoms with van der Waals surface area (Å²) in [5, 5.41) is 6.23. The smallest absolute Gasteiger partial charge is 0.251 e. The molecule has 0 aromatic heterocycles. The van der Waals surface area contributed by atoms with E-state index in [4.69, 9.17) is 0 Å². The first kappa shape index (κ1) is 16.0. The Morgan fingerprint density at radius 3 is 2.62 bits per heavy atom. The molecule has 5 nitrogen and oxygen atoms in total. The molecule has 1 aromatic rings. The molecule has 21 heavy (non-hydrogen) atoms. The molecule has 1 aliphatic rings. The van der Waals surface area contributed by atoms with E-state index in [0.717, 1.165) is 32.2 Å². The molecule has 2 N–H and O–H groups in total. The fraction of sp³-hybridized carbons (Fsp3) is 0.533. The van der Waals surface area contributed by atoms with Crippen LogP contribution in [0.3, 0.4) is 0 Å². The molecule has 0 bridgehead atoms. The lowest BCUT2D eigenvalue weighted by Crippen LogP contribution is -2.42. The largest absolute Gasteiger partial charge is 0.351 e. The highest BCUT2D eigenvalue weighted by Gasteiger charge is 2.27. The molecule has 1 amide bonds. The van der Waals surface area contributed by atoms with Crippen LogP contribution in [0.4, 0.5) is 0 Å². The molecule has 1 saturated heterocycles. The fourth-order valence-electron chi connectivity index (χ4n) is 2.47. The molecule has 2 rings (SSSR count). The van der Waals surface area contributed by atoms with Gasteiger partial charge in [-0.15, -0.1) is 0 Å². The van der Waals surface area contributed by atoms with E-state index in [2.05, 4.69) is 17.6 Å². The number of carbonyl (C=O) groups is 1. The molecule has 0 saturated carbocycles. The standard InChI is InChI=1S/C15H22N2O3S/c1-15(6-8-16-9-7-15)11-17-14(18)12-4-3-5-13(10-12)21(2,19)20/h3-5,10,16H,6-9,11H2,1-2H3,(H,17,18). The van der Waals surface area contributed by atoms with E-state index in [-0.39, 0.29) is 16.2 Å². The summed E-state index contributed by atoms with van der Waals surface area (Å²) in [6.45, 7) is 4.71. The van der Waals surface area contributed by atoms with Gasteiger partial charge >= 0.3 is 0 Å². The van der Waals surface area contributed by atoms with Crippen molar-refractivity contribution in [2.45, 2.75) is 24.7 Å². The monoisotopic (exact) mass is 310 g/mol. The van der Waals surface area contributed by atoms with E-state index in [9.17, 15) is 13.2 Å². The van der Waals surface area contributed by atoms with Crippen LogP contribution < -0.4 is 10.6 Å². The minimum atomic E-state index is -3.29. The lowest BCUT2D eigenvalue weighted by Gasteiger charge is -2.34. The highest BCUT2D eigenvalue weighted by molar-refractivity contribution is 7.90. The number of rotatable bonds is 4. The van der Waals surface area contributed by atoms with E-state index in [1.54, 1.807) is 12.1 Å². The first-order valence-electron chi connectivity index (χ1n) is 7.09. The van der Waals surface area contributed by atoms with Gasteiger partial charge in [0.05, 0.1) is 4.90 Å². The summed E-state index contributed by atoms with van der Waals surface area (Å²) in [7, 11) is -3.29. The molecular formula is C15H22N2O3S. The van der Waals surface area contributed by atoms with Gasteiger partial charge in [0.15, 0.2) is 9.84 Å². The Kier molecular flexibility index (Phi) is 4.68. The zero-order chi connectivity index (χ0) is 15.5. The second kappa shape index (κ2) is 6.15. The molecule has 0 atom stereocenters. The first-order chi connectivity index (χ1) is 9.80. The average molecular weight is 310 g/mol. The predicted molar refractivity (Wildman–Crippen MR) is 82.1 cm³/mol. The van der Waals surface area contributed by atoms with Crippen LogP contribution in [0.1, 0.15) is 30.1 Å². The number of carbonyl (C=O) groups excluding carboxylic acids is 1. The lowest BCUT2D eigenvalue weighted by molar-refractivity contribution is 0.0922. The number of sulfone groups is 1. The third-order valence-electron chi connectivity index (χ3n) is 4.01. The Balaban J connectivity index is 2.04. The summed E-state index contributed by atoms with van der Waals surface area (Å²) < 4.78 is 23.1. The number of nitrogens with one attached hydrogen (secondary N) is 2. The molecule has 0 aliphatic carbocycles. The Bertz CT molecular complexity index is 620. The maximum atomic E-state index is 12.2. The summed E-state index contributed by atoms with van der Waals surface area (Å²) >= 11 is 0. The van der Waals surface area contributed by atoms with Gasteiger partial charge in [-0.25, -0.2) is 8.42 Å². The van der Waals surface area contributed by atoms with Crippen LogP contribution >= 0.6 is 0 Å². The fourth-order valence-corrected chi connectivity index (χ4v) is 3.14.